The van der Waals surface area contributed by atoms with Gasteiger partial charge in [-0.25, -0.2) is 0 Å². The lowest BCUT2D eigenvalue weighted by molar-refractivity contribution is -0.150. The van der Waals surface area contributed by atoms with Gasteiger partial charge in [-0.05, 0) is 84.0 Å². The Balaban J connectivity index is 3.93. The van der Waals surface area contributed by atoms with Gasteiger partial charge in [0.1, 0.15) is 6.10 Å². The summed E-state index contributed by atoms with van der Waals surface area (Å²) in [4.78, 5) is 27.0. The Morgan fingerprint density at radius 1 is 0.520 bits per heavy atom. The van der Waals surface area contributed by atoms with Crippen molar-refractivity contribution in [3.8, 4) is 0 Å². The topological polar surface area (TPSA) is 88.1 Å². The molecule has 0 aliphatic rings. The van der Waals surface area contributed by atoms with Gasteiger partial charge in [0, 0.05) is 19.4 Å². The molecule has 298 valence electrons. The van der Waals surface area contributed by atoms with Gasteiger partial charge in [-0.3, -0.25) is 9.59 Å². The molecule has 50 heavy (non-hydrogen) atoms. The molecule has 2 N–H and O–H groups in total. The molecule has 0 atom stereocenters. The first-order valence-corrected chi connectivity index (χ1v) is 22.0. The summed E-state index contributed by atoms with van der Waals surface area (Å²) in [7, 11) is 0. The van der Waals surface area contributed by atoms with Gasteiger partial charge in [0.25, 0.3) is 0 Å². The lowest BCUT2D eigenvalue weighted by Crippen LogP contribution is -2.31. The average Bonchev–Trinajstić information content (AvgIpc) is 3.11. The van der Waals surface area contributed by atoms with E-state index in [9.17, 15) is 14.7 Å². The van der Waals surface area contributed by atoms with Crippen LogP contribution in [0.1, 0.15) is 213 Å². The monoisotopic (exact) mass is 711 g/mol. The second-order valence-electron chi connectivity index (χ2n) is 14.9. The van der Waals surface area contributed by atoms with Crippen molar-refractivity contribution < 1.29 is 24.2 Å². The third-order valence-electron chi connectivity index (χ3n) is 9.90. The molecule has 0 bridgehead atoms. The molecule has 0 saturated heterocycles. The maximum atomic E-state index is 12.6. The van der Waals surface area contributed by atoms with E-state index in [1.54, 1.807) is 0 Å². The molecule has 0 aromatic carbocycles. The highest BCUT2D eigenvalue weighted by Crippen LogP contribution is 2.18. The van der Waals surface area contributed by atoms with Crippen LogP contribution in [0.25, 0.3) is 0 Å². The van der Waals surface area contributed by atoms with Gasteiger partial charge < -0.3 is 24.8 Å². The van der Waals surface area contributed by atoms with Crippen molar-refractivity contribution in [2.45, 2.75) is 219 Å². The standard InChI is InChI=1S/C43H86N2O5/c1-4-7-10-13-16-17-18-21-27-40-49-42(47)33-28-36-45(38-39-46)37-29-35-44-34-26-22-25-32-43(48)50-41(30-23-19-14-11-8-5-2)31-24-20-15-12-9-6-3/h41,44,46H,4-40H2,1-3H3. The number of unbranched alkanes of at least 4 members (excludes halogenated alkanes) is 20. The molecule has 0 amide bonds. The SMILES string of the molecule is CCCCCCCCCCCOC(=O)CCCN(CCO)CCCNCCCCCC(=O)OC(CCCCCCCC)CCCCCCCC. The predicted octanol–water partition coefficient (Wildman–Crippen LogP) is 11.1. The van der Waals surface area contributed by atoms with E-state index in [-0.39, 0.29) is 24.6 Å². The molecule has 0 radical (unpaired) electrons. The van der Waals surface area contributed by atoms with Gasteiger partial charge in [0.15, 0.2) is 0 Å². The molecule has 7 nitrogen and oxygen atoms in total. The van der Waals surface area contributed by atoms with E-state index in [4.69, 9.17) is 9.47 Å². The zero-order valence-electron chi connectivity index (χ0n) is 33.8. The Morgan fingerprint density at radius 2 is 0.980 bits per heavy atom. The van der Waals surface area contributed by atoms with E-state index in [1.165, 1.54) is 122 Å². The highest BCUT2D eigenvalue weighted by Gasteiger charge is 2.14. The fourth-order valence-corrected chi connectivity index (χ4v) is 6.66. The summed E-state index contributed by atoms with van der Waals surface area (Å²) in [6.45, 7) is 11.7. The highest BCUT2D eigenvalue weighted by molar-refractivity contribution is 5.69. The zero-order chi connectivity index (χ0) is 36.6. The Hall–Kier alpha value is -1.18. The molecular formula is C43H86N2O5. The van der Waals surface area contributed by atoms with Crippen LogP contribution in [0.15, 0.2) is 0 Å². The van der Waals surface area contributed by atoms with Gasteiger partial charge in [-0.2, -0.15) is 0 Å². The maximum absolute atomic E-state index is 12.6. The fourth-order valence-electron chi connectivity index (χ4n) is 6.66. The van der Waals surface area contributed by atoms with Crippen molar-refractivity contribution in [1.82, 2.24) is 10.2 Å². The van der Waals surface area contributed by atoms with Gasteiger partial charge in [-0.15, -0.1) is 0 Å². The number of carbonyl (C=O) groups excluding carboxylic acids is 2. The Bertz CT molecular complexity index is 691. The first-order chi connectivity index (χ1) is 24.6. The minimum atomic E-state index is -0.0930. The third kappa shape index (κ3) is 36.6. The second kappa shape index (κ2) is 40.6. The molecule has 7 heteroatoms. The van der Waals surface area contributed by atoms with Gasteiger partial charge >= 0.3 is 11.9 Å². The number of aliphatic hydroxyl groups is 1. The molecule has 0 spiro atoms. The minimum Gasteiger partial charge on any atom is -0.466 e. The number of aliphatic hydroxyl groups excluding tert-OH is 1. The predicted molar refractivity (Wildman–Crippen MR) is 213 cm³/mol. The quantitative estimate of drug-likeness (QED) is 0.0482. The lowest BCUT2D eigenvalue weighted by atomic mass is 10.0. The summed E-state index contributed by atoms with van der Waals surface area (Å²) in [6, 6.07) is 0. The van der Waals surface area contributed by atoms with Gasteiger partial charge in [0.05, 0.1) is 13.2 Å². The molecule has 0 aromatic rings. The van der Waals surface area contributed by atoms with Crippen molar-refractivity contribution in [1.29, 1.82) is 0 Å². The first kappa shape index (κ1) is 48.8. The zero-order valence-corrected chi connectivity index (χ0v) is 33.8. The molecular weight excluding hydrogens is 624 g/mol. The summed E-state index contributed by atoms with van der Waals surface area (Å²) in [5.41, 5.74) is 0. The van der Waals surface area contributed by atoms with Crippen molar-refractivity contribution >= 4 is 11.9 Å². The van der Waals surface area contributed by atoms with Crippen molar-refractivity contribution in [3.63, 3.8) is 0 Å². The largest absolute Gasteiger partial charge is 0.466 e. The van der Waals surface area contributed by atoms with E-state index in [0.29, 0.717) is 26.0 Å². The fraction of sp³-hybridized carbons (Fsp3) is 0.953. The maximum Gasteiger partial charge on any atom is 0.306 e. The van der Waals surface area contributed by atoms with Crippen molar-refractivity contribution in [2.75, 3.05) is 45.9 Å². The van der Waals surface area contributed by atoms with Gasteiger partial charge in [0.2, 0.25) is 0 Å². The normalized spacial score (nSPS) is 11.6. The third-order valence-corrected chi connectivity index (χ3v) is 9.90. The van der Waals surface area contributed by atoms with Crippen LogP contribution in [0.3, 0.4) is 0 Å². The molecule has 0 aliphatic heterocycles. The second-order valence-corrected chi connectivity index (χ2v) is 14.9. The van der Waals surface area contributed by atoms with E-state index in [1.807, 2.05) is 0 Å². The van der Waals surface area contributed by atoms with E-state index < -0.39 is 0 Å². The summed E-state index contributed by atoms with van der Waals surface area (Å²) in [6.07, 6.45) is 34.6. The van der Waals surface area contributed by atoms with Crippen LogP contribution in [0.4, 0.5) is 0 Å². The number of carbonyl (C=O) groups is 2. The smallest absolute Gasteiger partial charge is 0.306 e. The number of hydrogen-bond acceptors (Lipinski definition) is 7. The van der Waals surface area contributed by atoms with E-state index in [0.717, 1.165) is 84.0 Å². The van der Waals surface area contributed by atoms with Crippen LogP contribution in [-0.4, -0.2) is 74.0 Å². The van der Waals surface area contributed by atoms with E-state index >= 15 is 0 Å². The number of esters is 2. The molecule has 0 saturated carbocycles. The molecule has 0 rings (SSSR count). The van der Waals surface area contributed by atoms with Gasteiger partial charge in [-0.1, -0.05) is 143 Å². The number of rotatable bonds is 41. The van der Waals surface area contributed by atoms with Crippen LogP contribution < -0.4 is 5.32 Å². The number of hydrogen-bond donors (Lipinski definition) is 2. The Labute approximate surface area is 311 Å². The summed E-state index contributed by atoms with van der Waals surface area (Å²) in [5, 5.41) is 13.0. The number of nitrogens with one attached hydrogen (secondary N) is 1. The number of nitrogens with zero attached hydrogens (tertiary/aromatic N) is 1. The van der Waals surface area contributed by atoms with Crippen molar-refractivity contribution in [3.05, 3.63) is 0 Å². The Morgan fingerprint density at radius 3 is 1.54 bits per heavy atom. The van der Waals surface area contributed by atoms with Crippen LogP contribution in [0, 0.1) is 0 Å². The van der Waals surface area contributed by atoms with E-state index in [2.05, 4.69) is 31.0 Å². The van der Waals surface area contributed by atoms with Crippen molar-refractivity contribution in [2.24, 2.45) is 0 Å². The average molecular weight is 711 g/mol. The molecule has 0 fully saturated rings. The Kier molecular flexibility index (Phi) is 39.6. The minimum absolute atomic E-state index is 0.00374. The molecule has 0 aromatic heterocycles. The summed E-state index contributed by atoms with van der Waals surface area (Å²) in [5.74, 6) is -0.0967. The van der Waals surface area contributed by atoms with Crippen LogP contribution in [0.5, 0.6) is 0 Å². The van der Waals surface area contributed by atoms with Crippen LogP contribution in [0.2, 0.25) is 0 Å². The molecule has 0 aliphatic carbocycles. The number of ether oxygens (including phenoxy) is 2. The van der Waals surface area contributed by atoms with Crippen LogP contribution >= 0.6 is 0 Å². The highest BCUT2D eigenvalue weighted by atomic mass is 16.5. The lowest BCUT2D eigenvalue weighted by Gasteiger charge is -2.21. The summed E-state index contributed by atoms with van der Waals surface area (Å²) < 4.78 is 11.4. The first-order valence-electron chi connectivity index (χ1n) is 22.0. The molecule has 0 heterocycles. The summed E-state index contributed by atoms with van der Waals surface area (Å²) >= 11 is 0. The molecule has 0 unspecified atom stereocenters. The van der Waals surface area contributed by atoms with Crippen LogP contribution in [-0.2, 0) is 19.1 Å².